The summed E-state index contributed by atoms with van der Waals surface area (Å²) in [5.74, 6) is -0.449. The van der Waals surface area contributed by atoms with Crippen LogP contribution in [0.5, 0.6) is 0 Å². The average Bonchev–Trinajstić information content (AvgIpc) is 3.14. The van der Waals surface area contributed by atoms with Gasteiger partial charge in [0.05, 0.1) is 5.56 Å². The van der Waals surface area contributed by atoms with E-state index in [4.69, 9.17) is 11.6 Å². The summed E-state index contributed by atoms with van der Waals surface area (Å²) in [5.41, 5.74) is 3.28. The highest BCUT2D eigenvalue weighted by atomic mass is 35.5. The van der Waals surface area contributed by atoms with E-state index in [1.54, 1.807) is 6.07 Å². The Kier molecular flexibility index (Phi) is 2.86. The predicted molar refractivity (Wildman–Crippen MR) is 74.8 cm³/mol. The van der Waals surface area contributed by atoms with E-state index < -0.39 is 5.97 Å². The number of carboxylic acids is 1. The summed E-state index contributed by atoms with van der Waals surface area (Å²) in [4.78, 5) is 11.4. The molecular formula is C15H14ClNO2. The van der Waals surface area contributed by atoms with Crippen molar-refractivity contribution in [3.63, 3.8) is 0 Å². The molecule has 0 saturated heterocycles. The Morgan fingerprint density at radius 2 is 1.95 bits per heavy atom. The molecule has 1 fully saturated rings. The molecule has 3 rings (SSSR count). The third-order valence-corrected chi connectivity index (χ3v) is 3.87. The van der Waals surface area contributed by atoms with Crippen molar-refractivity contribution < 1.29 is 9.90 Å². The number of hydrogen-bond donors (Lipinski definition) is 1. The van der Waals surface area contributed by atoms with Gasteiger partial charge in [0.25, 0.3) is 0 Å². The number of carboxylic acid groups (broad SMARTS) is 1. The lowest BCUT2D eigenvalue weighted by molar-refractivity contribution is 0.0695. The van der Waals surface area contributed by atoms with Gasteiger partial charge in [-0.2, -0.15) is 0 Å². The Morgan fingerprint density at radius 3 is 2.47 bits per heavy atom. The molecule has 0 aliphatic heterocycles. The van der Waals surface area contributed by atoms with Crippen molar-refractivity contribution in [2.45, 2.75) is 18.8 Å². The molecule has 0 radical (unpaired) electrons. The molecule has 2 aromatic rings. The number of rotatable bonds is 3. The Balaban J connectivity index is 2.14. The first-order chi connectivity index (χ1) is 9.08. The zero-order valence-electron chi connectivity index (χ0n) is 10.6. The maximum atomic E-state index is 11.4. The summed E-state index contributed by atoms with van der Waals surface area (Å²) < 4.78 is 2.00. The maximum absolute atomic E-state index is 11.4. The van der Waals surface area contributed by atoms with Crippen LogP contribution in [-0.4, -0.2) is 15.6 Å². The Hall–Kier alpha value is -1.74. The summed E-state index contributed by atoms with van der Waals surface area (Å²) in [5, 5.41) is 10.0. The largest absolute Gasteiger partial charge is 0.478 e. The molecule has 1 saturated carbocycles. The molecule has 98 valence electrons. The monoisotopic (exact) mass is 275 g/mol. The smallest absolute Gasteiger partial charge is 0.337 e. The van der Waals surface area contributed by atoms with Crippen LogP contribution in [0.25, 0.3) is 11.3 Å². The van der Waals surface area contributed by atoms with E-state index >= 15 is 0 Å². The van der Waals surface area contributed by atoms with Crippen molar-refractivity contribution in [2.75, 3.05) is 0 Å². The molecule has 0 atom stereocenters. The number of aromatic nitrogens is 1. The molecule has 1 N–H and O–H groups in total. The third kappa shape index (κ3) is 2.15. The second-order valence-electron chi connectivity index (χ2n) is 4.97. The van der Waals surface area contributed by atoms with E-state index in [1.165, 1.54) is 0 Å². The Morgan fingerprint density at radius 1 is 1.32 bits per heavy atom. The van der Waals surface area contributed by atoms with Gasteiger partial charge in [0.15, 0.2) is 0 Å². The highest BCUT2D eigenvalue weighted by molar-refractivity contribution is 6.30. The molecule has 0 bridgehead atoms. The van der Waals surface area contributed by atoms with Crippen LogP contribution >= 0.6 is 11.6 Å². The maximum Gasteiger partial charge on any atom is 0.337 e. The number of carbonyl (C=O) groups is 1. The second-order valence-corrected chi connectivity index (χ2v) is 5.41. The fourth-order valence-electron chi connectivity index (χ4n) is 2.54. The van der Waals surface area contributed by atoms with Crippen molar-refractivity contribution in [3.8, 4) is 11.3 Å². The van der Waals surface area contributed by atoms with E-state index in [9.17, 15) is 9.90 Å². The highest BCUT2D eigenvalue weighted by Gasteiger charge is 2.32. The minimum Gasteiger partial charge on any atom is -0.478 e. The van der Waals surface area contributed by atoms with E-state index in [0.717, 1.165) is 29.8 Å². The van der Waals surface area contributed by atoms with Crippen molar-refractivity contribution in [1.82, 2.24) is 4.57 Å². The van der Waals surface area contributed by atoms with E-state index in [0.29, 0.717) is 16.5 Å². The van der Waals surface area contributed by atoms with Crippen LogP contribution in [0.15, 0.2) is 30.3 Å². The van der Waals surface area contributed by atoms with Crippen LogP contribution in [-0.2, 0) is 7.05 Å². The minimum atomic E-state index is -0.849. The molecule has 0 spiro atoms. The van der Waals surface area contributed by atoms with Gasteiger partial charge >= 0.3 is 5.97 Å². The first-order valence-corrected chi connectivity index (χ1v) is 6.64. The Labute approximate surface area is 116 Å². The van der Waals surface area contributed by atoms with Crippen molar-refractivity contribution >= 4 is 17.6 Å². The lowest BCUT2D eigenvalue weighted by Crippen LogP contribution is -2.03. The molecule has 4 heteroatoms. The van der Waals surface area contributed by atoms with E-state index in [-0.39, 0.29) is 0 Å². The first kappa shape index (κ1) is 12.3. The molecular weight excluding hydrogens is 262 g/mol. The lowest BCUT2D eigenvalue weighted by Gasteiger charge is -2.07. The second kappa shape index (κ2) is 4.42. The van der Waals surface area contributed by atoms with Crippen LogP contribution < -0.4 is 0 Å². The molecule has 0 unspecified atom stereocenters. The SMILES string of the molecule is Cn1c(-c2ccc(Cl)cc2)cc(C(=O)O)c1C1CC1. The summed E-state index contributed by atoms with van der Waals surface area (Å²) in [6.07, 6.45) is 2.16. The van der Waals surface area contributed by atoms with Gasteiger partial charge in [0, 0.05) is 29.4 Å². The molecule has 1 aliphatic rings. The number of aromatic carboxylic acids is 1. The van der Waals surface area contributed by atoms with Crippen molar-refractivity contribution in [3.05, 3.63) is 46.6 Å². The van der Waals surface area contributed by atoms with Gasteiger partial charge in [-0.1, -0.05) is 23.7 Å². The normalized spacial score (nSPS) is 14.6. The number of hydrogen-bond acceptors (Lipinski definition) is 1. The summed E-state index contributed by atoms with van der Waals surface area (Å²) in [7, 11) is 1.93. The molecule has 19 heavy (non-hydrogen) atoms. The third-order valence-electron chi connectivity index (χ3n) is 3.61. The van der Waals surface area contributed by atoms with E-state index in [1.807, 2.05) is 35.9 Å². The fourth-order valence-corrected chi connectivity index (χ4v) is 2.66. The van der Waals surface area contributed by atoms with Crippen molar-refractivity contribution in [2.24, 2.45) is 7.05 Å². The van der Waals surface area contributed by atoms with Gasteiger partial charge in [-0.25, -0.2) is 4.79 Å². The molecule has 0 amide bonds. The molecule has 3 nitrogen and oxygen atoms in total. The first-order valence-electron chi connectivity index (χ1n) is 6.27. The molecule has 1 aromatic carbocycles. The zero-order valence-corrected chi connectivity index (χ0v) is 11.3. The average molecular weight is 276 g/mol. The number of benzene rings is 1. The molecule has 1 aromatic heterocycles. The summed E-state index contributed by atoms with van der Waals surface area (Å²) >= 11 is 5.89. The van der Waals surface area contributed by atoms with Gasteiger partial charge in [0.1, 0.15) is 0 Å². The quantitative estimate of drug-likeness (QED) is 0.922. The predicted octanol–water partition coefficient (Wildman–Crippen LogP) is 3.92. The minimum absolute atomic E-state index is 0.400. The Bertz CT molecular complexity index is 639. The summed E-state index contributed by atoms with van der Waals surface area (Å²) in [6, 6.07) is 9.24. The standard InChI is InChI=1S/C15H14ClNO2/c1-17-13(9-4-6-11(16)7-5-9)8-12(15(18)19)14(17)10-2-3-10/h4-8,10H,2-3H2,1H3,(H,18,19). The zero-order chi connectivity index (χ0) is 13.6. The topological polar surface area (TPSA) is 42.2 Å². The van der Waals surface area contributed by atoms with Crippen molar-refractivity contribution in [1.29, 1.82) is 0 Å². The van der Waals surface area contributed by atoms with Gasteiger partial charge in [-0.3, -0.25) is 0 Å². The molecule has 1 heterocycles. The van der Waals surface area contributed by atoms with Crippen LogP contribution in [0.3, 0.4) is 0 Å². The van der Waals surface area contributed by atoms with Gasteiger partial charge < -0.3 is 9.67 Å². The van der Waals surface area contributed by atoms with Gasteiger partial charge in [-0.15, -0.1) is 0 Å². The number of halogens is 1. The van der Waals surface area contributed by atoms with Gasteiger partial charge in [-0.05, 0) is 36.6 Å². The van der Waals surface area contributed by atoms with Crippen LogP contribution in [0.4, 0.5) is 0 Å². The van der Waals surface area contributed by atoms with Gasteiger partial charge in [0.2, 0.25) is 0 Å². The molecule has 1 aliphatic carbocycles. The van der Waals surface area contributed by atoms with Crippen LogP contribution in [0, 0.1) is 0 Å². The highest BCUT2D eigenvalue weighted by Crippen LogP contribution is 2.43. The summed E-state index contributed by atoms with van der Waals surface area (Å²) in [6.45, 7) is 0. The van der Waals surface area contributed by atoms with Crippen LogP contribution in [0.2, 0.25) is 5.02 Å². The van der Waals surface area contributed by atoms with E-state index in [2.05, 4.69) is 0 Å². The fraction of sp³-hybridized carbons (Fsp3) is 0.267. The number of nitrogens with zero attached hydrogens (tertiary/aromatic N) is 1. The van der Waals surface area contributed by atoms with Crippen LogP contribution in [0.1, 0.15) is 34.8 Å². The lowest BCUT2D eigenvalue weighted by atomic mass is 10.1.